The van der Waals surface area contributed by atoms with Crippen molar-refractivity contribution < 1.29 is 5.11 Å². The number of aliphatic hydroxyl groups excluding tert-OH is 1. The lowest BCUT2D eigenvalue weighted by Gasteiger charge is -2.05. The topological polar surface area (TPSA) is 33.1 Å². The Morgan fingerprint density at radius 2 is 2.36 bits per heavy atom. The third-order valence-electron chi connectivity index (χ3n) is 1.28. The van der Waals surface area contributed by atoms with Gasteiger partial charge in [-0.25, -0.2) is 4.98 Å². The molecule has 0 fully saturated rings. The number of aliphatic hydroxyl groups is 1. The number of rotatable bonds is 1. The van der Waals surface area contributed by atoms with E-state index in [0.29, 0.717) is 5.02 Å². The van der Waals surface area contributed by atoms with Gasteiger partial charge in [0.1, 0.15) is 3.70 Å². The van der Waals surface area contributed by atoms with Crippen molar-refractivity contribution >= 4 is 34.2 Å². The van der Waals surface area contributed by atoms with Crippen LogP contribution in [0.25, 0.3) is 0 Å². The molecule has 0 radical (unpaired) electrons. The molecule has 60 valence electrons. The van der Waals surface area contributed by atoms with Gasteiger partial charge in [-0.3, -0.25) is 0 Å². The summed E-state index contributed by atoms with van der Waals surface area (Å²) in [5, 5.41) is 9.78. The van der Waals surface area contributed by atoms with E-state index in [4.69, 9.17) is 11.6 Å². The number of pyridine rings is 1. The fourth-order valence-electron chi connectivity index (χ4n) is 0.731. The first-order chi connectivity index (χ1) is 5.11. The average molecular weight is 283 g/mol. The minimum absolute atomic E-state index is 0.506. The van der Waals surface area contributed by atoms with E-state index in [1.54, 1.807) is 19.2 Å². The molecule has 0 saturated carbocycles. The van der Waals surface area contributed by atoms with Gasteiger partial charge in [-0.05, 0) is 35.6 Å². The maximum absolute atomic E-state index is 9.23. The van der Waals surface area contributed by atoms with Crippen LogP contribution in [0.3, 0.4) is 0 Å². The maximum Gasteiger partial charge on any atom is 0.107 e. The van der Waals surface area contributed by atoms with E-state index < -0.39 is 6.10 Å². The number of hydrogen-bond donors (Lipinski definition) is 1. The molecule has 11 heavy (non-hydrogen) atoms. The molecule has 0 aliphatic carbocycles. The van der Waals surface area contributed by atoms with Crippen LogP contribution >= 0.6 is 34.2 Å². The monoisotopic (exact) mass is 283 g/mol. The molecule has 1 unspecified atom stereocenters. The lowest BCUT2D eigenvalue weighted by atomic mass is 10.2. The summed E-state index contributed by atoms with van der Waals surface area (Å²) in [5.41, 5.74) is 0.776. The largest absolute Gasteiger partial charge is 0.389 e. The van der Waals surface area contributed by atoms with Crippen molar-refractivity contribution in [3.63, 3.8) is 0 Å². The van der Waals surface area contributed by atoms with Crippen LogP contribution in [0.2, 0.25) is 5.02 Å². The molecule has 1 aromatic rings. The minimum Gasteiger partial charge on any atom is -0.389 e. The molecule has 1 aromatic heterocycles. The van der Waals surface area contributed by atoms with Crippen LogP contribution < -0.4 is 0 Å². The Morgan fingerprint density at radius 1 is 1.73 bits per heavy atom. The molecule has 2 nitrogen and oxygen atoms in total. The summed E-state index contributed by atoms with van der Waals surface area (Å²) in [7, 11) is 0. The Labute approximate surface area is 83.7 Å². The van der Waals surface area contributed by atoms with Gasteiger partial charge in [-0.2, -0.15) is 0 Å². The SMILES string of the molecule is CC(O)c1cc(Cl)cnc1I. The van der Waals surface area contributed by atoms with E-state index >= 15 is 0 Å². The normalized spacial score (nSPS) is 13.1. The lowest BCUT2D eigenvalue weighted by molar-refractivity contribution is 0.198. The maximum atomic E-state index is 9.23. The summed E-state index contributed by atoms with van der Waals surface area (Å²) in [4.78, 5) is 3.99. The van der Waals surface area contributed by atoms with Crippen molar-refractivity contribution in [2.45, 2.75) is 13.0 Å². The van der Waals surface area contributed by atoms with Crippen LogP contribution in [0.1, 0.15) is 18.6 Å². The molecule has 0 aromatic carbocycles. The predicted octanol–water partition coefficient (Wildman–Crippen LogP) is 2.39. The smallest absolute Gasteiger partial charge is 0.107 e. The van der Waals surface area contributed by atoms with Gasteiger partial charge in [-0.1, -0.05) is 11.6 Å². The molecule has 4 heteroatoms. The van der Waals surface area contributed by atoms with Crippen LogP contribution in [-0.4, -0.2) is 10.1 Å². The van der Waals surface area contributed by atoms with Gasteiger partial charge in [0.05, 0.1) is 11.1 Å². The summed E-state index contributed by atoms with van der Waals surface area (Å²) in [6.07, 6.45) is 1.06. The molecule has 1 atom stereocenters. The van der Waals surface area contributed by atoms with Gasteiger partial charge in [0, 0.05) is 11.8 Å². The molecule has 0 aliphatic heterocycles. The van der Waals surface area contributed by atoms with Crippen molar-refractivity contribution in [1.29, 1.82) is 0 Å². The third kappa shape index (κ3) is 2.28. The highest BCUT2D eigenvalue weighted by molar-refractivity contribution is 14.1. The van der Waals surface area contributed by atoms with Crippen molar-refractivity contribution in [3.8, 4) is 0 Å². The van der Waals surface area contributed by atoms with Crippen LogP contribution in [0.15, 0.2) is 12.3 Å². The number of nitrogens with zero attached hydrogens (tertiary/aromatic N) is 1. The number of hydrogen-bond acceptors (Lipinski definition) is 2. The zero-order chi connectivity index (χ0) is 8.43. The average Bonchev–Trinajstić information content (AvgIpc) is 1.94. The highest BCUT2D eigenvalue weighted by Gasteiger charge is 2.06. The second-order valence-corrected chi connectivity index (χ2v) is 3.67. The van der Waals surface area contributed by atoms with Crippen molar-refractivity contribution in [2.75, 3.05) is 0 Å². The van der Waals surface area contributed by atoms with Gasteiger partial charge in [0.15, 0.2) is 0 Å². The summed E-state index contributed by atoms with van der Waals surface area (Å²) >= 11 is 7.75. The molecule has 1 heterocycles. The molecular formula is C7H7ClINO. The minimum atomic E-state index is -0.506. The standard InChI is InChI=1S/C7H7ClINO/c1-4(11)6-2-5(8)3-10-7(6)9/h2-4,11H,1H3. The Bertz CT molecular complexity index is 265. The Balaban J connectivity index is 3.13. The molecular weight excluding hydrogens is 276 g/mol. The first-order valence-corrected chi connectivity index (χ1v) is 4.56. The van der Waals surface area contributed by atoms with Crippen molar-refractivity contribution in [2.24, 2.45) is 0 Å². The zero-order valence-corrected chi connectivity index (χ0v) is 8.80. The lowest BCUT2D eigenvalue weighted by Crippen LogP contribution is -1.96. The van der Waals surface area contributed by atoms with Crippen molar-refractivity contribution in [3.05, 3.63) is 26.5 Å². The highest BCUT2D eigenvalue weighted by atomic mass is 127. The molecule has 0 saturated heterocycles. The van der Waals surface area contributed by atoms with Crippen molar-refractivity contribution in [1.82, 2.24) is 4.98 Å². The Hall–Kier alpha value is 0.130. The number of aromatic nitrogens is 1. The first-order valence-electron chi connectivity index (χ1n) is 3.10. The van der Waals surface area contributed by atoms with E-state index in [0.717, 1.165) is 9.26 Å². The summed E-state index contributed by atoms with van der Waals surface area (Å²) in [6.45, 7) is 1.69. The van der Waals surface area contributed by atoms with E-state index in [-0.39, 0.29) is 0 Å². The van der Waals surface area contributed by atoms with Crippen LogP contribution in [0.5, 0.6) is 0 Å². The van der Waals surface area contributed by atoms with Crippen LogP contribution in [0, 0.1) is 3.70 Å². The van der Waals surface area contributed by atoms with Crippen LogP contribution in [0.4, 0.5) is 0 Å². The summed E-state index contributed by atoms with van der Waals surface area (Å²) in [5.74, 6) is 0. The summed E-state index contributed by atoms with van der Waals surface area (Å²) in [6, 6.07) is 1.72. The zero-order valence-electron chi connectivity index (χ0n) is 5.88. The van der Waals surface area contributed by atoms with Gasteiger partial charge in [0.2, 0.25) is 0 Å². The quantitative estimate of drug-likeness (QED) is 0.634. The fraction of sp³-hybridized carbons (Fsp3) is 0.286. The molecule has 1 N–H and O–H groups in total. The molecule has 0 amide bonds. The summed E-state index contributed by atoms with van der Waals surface area (Å²) < 4.78 is 0.794. The second kappa shape index (κ2) is 3.69. The van der Waals surface area contributed by atoms with Gasteiger partial charge < -0.3 is 5.11 Å². The van der Waals surface area contributed by atoms with Gasteiger partial charge in [0.25, 0.3) is 0 Å². The fourth-order valence-corrected chi connectivity index (χ4v) is 1.64. The number of halogens is 2. The van der Waals surface area contributed by atoms with E-state index in [9.17, 15) is 5.11 Å². The Morgan fingerprint density at radius 3 is 2.82 bits per heavy atom. The molecule has 0 bridgehead atoms. The molecule has 0 spiro atoms. The first kappa shape index (κ1) is 9.22. The highest BCUT2D eigenvalue weighted by Crippen LogP contribution is 2.20. The van der Waals surface area contributed by atoms with E-state index in [2.05, 4.69) is 27.6 Å². The van der Waals surface area contributed by atoms with Crippen LogP contribution in [-0.2, 0) is 0 Å². The molecule has 0 aliphatic rings. The second-order valence-electron chi connectivity index (χ2n) is 2.21. The van der Waals surface area contributed by atoms with Gasteiger partial charge >= 0.3 is 0 Å². The van der Waals surface area contributed by atoms with E-state index in [1.165, 1.54) is 0 Å². The molecule has 1 rings (SSSR count). The van der Waals surface area contributed by atoms with E-state index in [1.807, 2.05) is 0 Å². The third-order valence-corrected chi connectivity index (χ3v) is 2.39. The Kier molecular flexibility index (Phi) is 3.09. The van der Waals surface area contributed by atoms with Gasteiger partial charge in [-0.15, -0.1) is 0 Å². The predicted molar refractivity (Wildman–Crippen MR) is 52.6 cm³/mol.